The van der Waals surface area contributed by atoms with Crippen molar-refractivity contribution in [2.45, 2.75) is 26.3 Å². The summed E-state index contributed by atoms with van der Waals surface area (Å²) in [5, 5.41) is 9.45. The topological polar surface area (TPSA) is 65.5 Å². The maximum Gasteiger partial charge on any atom is 0.226 e. The molecule has 0 aliphatic carbocycles. The van der Waals surface area contributed by atoms with Crippen LogP contribution in [0, 0.1) is 6.92 Å². The van der Waals surface area contributed by atoms with Crippen LogP contribution in [0.3, 0.4) is 0 Å². The molecular weight excluding hydrogens is 519 g/mol. The molecule has 3 N–H and O–H groups in total. The summed E-state index contributed by atoms with van der Waals surface area (Å²) in [5.74, 6) is 0.637. The Morgan fingerprint density at radius 2 is 1.89 bits per heavy atom. The van der Waals surface area contributed by atoms with Crippen molar-refractivity contribution in [2.75, 3.05) is 18.9 Å². The van der Waals surface area contributed by atoms with Crippen molar-refractivity contribution < 1.29 is 4.79 Å². The Labute approximate surface area is 186 Å². The lowest BCUT2D eigenvalue weighted by molar-refractivity contribution is -0.116. The molecule has 0 bridgehead atoms. The molecule has 0 heterocycles. The van der Waals surface area contributed by atoms with Gasteiger partial charge in [-0.05, 0) is 37.1 Å². The number of halogens is 2. The first-order valence-corrected chi connectivity index (χ1v) is 9.37. The van der Waals surface area contributed by atoms with Gasteiger partial charge in [0.1, 0.15) is 0 Å². The van der Waals surface area contributed by atoms with Crippen molar-refractivity contribution in [3.05, 3.63) is 64.1 Å². The van der Waals surface area contributed by atoms with Gasteiger partial charge < -0.3 is 16.0 Å². The number of rotatable bonds is 6. The fraction of sp³-hybridized carbons (Fsp3) is 0.300. The highest BCUT2D eigenvalue weighted by atomic mass is 127. The number of nitrogens with one attached hydrogen (secondary N) is 3. The molecule has 2 aromatic rings. The van der Waals surface area contributed by atoms with Crippen LogP contribution in [0.4, 0.5) is 5.69 Å². The molecule has 0 aliphatic heterocycles. The van der Waals surface area contributed by atoms with Gasteiger partial charge in [-0.2, -0.15) is 0 Å². The van der Waals surface area contributed by atoms with Gasteiger partial charge in [-0.15, -0.1) is 24.0 Å². The van der Waals surface area contributed by atoms with E-state index in [1.807, 2.05) is 43.3 Å². The number of amides is 1. The minimum absolute atomic E-state index is 0. The number of hydrogen-bond donors (Lipinski definition) is 3. The summed E-state index contributed by atoms with van der Waals surface area (Å²) in [7, 11) is 1.72. The smallest absolute Gasteiger partial charge is 0.226 e. The number of anilines is 1. The predicted octanol–water partition coefficient (Wildman–Crippen LogP) is 4.63. The monoisotopic (exact) mass is 544 g/mol. The van der Waals surface area contributed by atoms with Gasteiger partial charge in [-0.1, -0.05) is 52.3 Å². The van der Waals surface area contributed by atoms with Crippen LogP contribution in [0.25, 0.3) is 0 Å². The third-order valence-corrected chi connectivity index (χ3v) is 4.49. The van der Waals surface area contributed by atoms with Gasteiger partial charge in [0.05, 0.1) is 6.04 Å². The van der Waals surface area contributed by atoms with Gasteiger partial charge in [-0.3, -0.25) is 9.79 Å². The first kappa shape index (κ1) is 23.4. The Bertz CT molecular complexity index is 768. The highest BCUT2D eigenvalue weighted by Gasteiger charge is 2.09. The molecule has 1 unspecified atom stereocenters. The molecule has 146 valence electrons. The van der Waals surface area contributed by atoms with Crippen molar-refractivity contribution >= 4 is 57.5 Å². The van der Waals surface area contributed by atoms with E-state index in [0.29, 0.717) is 18.9 Å². The van der Waals surface area contributed by atoms with Crippen LogP contribution in [0.1, 0.15) is 30.5 Å². The number of nitrogens with zero attached hydrogens (tertiary/aromatic N) is 1. The number of carbonyl (C=O) groups is 1. The highest BCUT2D eigenvalue weighted by Crippen LogP contribution is 2.20. The van der Waals surface area contributed by atoms with Crippen molar-refractivity contribution in [3.63, 3.8) is 0 Å². The van der Waals surface area contributed by atoms with E-state index in [1.165, 1.54) is 5.56 Å². The summed E-state index contributed by atoms with van der Waals surface area (Å²) < 4.78 is 0.941. The molecule has 7 heteroatoms. The van der Waals surface area contributed by atoms with Crippen molar-refractivity contribution in [1.29, 1.82) is 0 Å². The summed E-state index contributed by atoms with van der Waals surface area (Å²) in [5.41, 5.74) is 3.03. The Balaban J connectivity index is 0.00000364. The number of guanidine groups is 1. The molecule has 2 aromatic carbocycles. The Kier molecular flexibility index (Phi) is 10.4. The van der Waals surface area contributed by atoms with Crippen LogP contribution >= 0.6 is 39.9 Å². The van der Waals surface area contributed by atoms with E-state index in [0.717, 1.165) is 15.7 Å². The predicted molar refractivity (Wildman–Crippen MR) is 127 cm³/mol. The molecule has 0 aromatic heterocycles. The van der Waals surface area contributed by atoms with Crippen LogP contribution in [-0.4, -0.2) is 25.5 Å². The first-order chi connectivity index (χ1) is 12.5. The molecule has 0 fully saturated rings. The number of carbonyl (C=O) groups excluding carboxylic acids is 1. The molecular formula is C20H26BrIN4O. The van der Waals surface area contributed by atoms with Crippen molar-refractivity contribution in [2.24, 2.45) is 4.99 Å². The number of aliphatic imine (C=N–C) groups is 1. The molecule has 0 spiro atoms. The maximum atomic E-state index is 12.2. The van der Waals surface area contributed by atoms with E-state index in [9.17, 15) is 4.79 Å². The minimum atomic E-state index is -0.0368. The van der Waals surface area contributed by atoms with E-state index in [2.05, 4.69) is 55.9 Å². The molecule has 0 saturated heterocycles. The minimum Gasteiger partial charge on any atom is -0.356 e. The van der Waals surface area contributed by atoms with Gasteiger partial charge in [0, 0.05) is 30.2 Å². The molecule has 1 atom stereocenters. The SMILES string of the molecule is CN=C(NCCC(=O)Nc1cc(Br)ccc1C)NC(C)c1ccccc1.I. The van der Waals surface area contributed by atoms with Gasteiger partial charge >= 0.3 is 0 Å². The average molecular weight is 545 g/mol. The van der Waals surface area contributed by atoms with Crippen LogP contribution in [0.15, 0.2) is 58.0 Å². The summed E-state index contributed by atoms with van der Waals surface area (Å²) >= 11 is 3.42. The molecule has 0 radical (unpaired) electrons. The molecule has 2 rings (SSSR count). The molecule has 27 heavy (non-hydrogen) atoms. The van der Waals surface area contributed by atoms with Gasteiger partial charge in [0.2, 0.25) is 5.91 Å². The van der Waals surface area contributed by atoms with E-state index in [4.69, 9.17) is 0 Å². The Morgan fingerprint density at radius 1 is 1.19 bits per heavy atom. The van der Waals surface area contributed by atoms with Crippen molar-refractivity contribution in [3.8, 4) is 0 Å². The zero-order chi connectivity index (χ0) is 18.9. The van der Waals surface area contributed by atoms with E-state index >= 15 is 0 Å². The lowest BCUT2D eigenvalue weighted by Crippen LogP contribution is -2.39. The van der Waals surface area contributed by atoms with E-state index in [-0.39, 0.29) is 35.9 Å². The van der Waals surface area contributed by atoms with Crippen LogP contribution in [0.2, 0.25) is 0 Å². The first-order valence-electron chi connectivity index (χ1n) is 8.57. The lowest BCUT2D eigenvalue weighted by Gasteiger charge is -2.18. The molecule has 0 aliphatic rings. The highest BCUT2D eigenvalue weighted by molar-refractivity contribution is 14.0. The molecule has 0 saturated carbocycles. The zero-order valence-electron chi connectivity index (χ0n) is 15.8. The summed E-state index contributed by atoms with van der Waals surface area (Å²) in [6.07, 6.45) is 0.354. The number of benzene rings is 2. The maximum absolute atomic E-state index is 12.2. The zero-order valence-corrected chi connectivity index (χ0v) is 19.7. The van der Waals surface area contributed by atoms with Crippen LogP contribution in [-0.2, 0) is 4.79 Å². The largest absolute Gasteiger partial charge is 0.356 e. The second-order valence-corrected chi connectivity index (χ2v) is 6.95. The summed E-state index contributed by atoms with van der Waals surface area (Å²) in [6, 6.07) is 16.1. The second kappa shape index (κ2) is 12.0. The average Bonchev–Trinajstić information content (AvgIpc) is 2.64. The lowest BCUT2D eigenvalue weighted by atomic mass is 10.1. The summed E-state index contributed by atoms with van der Waals surface area (Å²) in [4.78, 5) is 16.4. The van der Waals surface area contributed by atoms with E-state index < -0.39 is 0 Å². The van der Waals surface area contributed by atoms with Crippen LogP contribution in [0.5, 0.6) is 0 Å². The molecule has 1 amide bonds. The number of hydrogen-bond acceptors (Lipinski definition) is 2. The van der Waals surface area contributed by atoms with Gasteiger partial charge in [-0.25, -0.2) is 0 Å². The van der Waals surface area contributed by atoms with E-state index in [1.54, 1.807) is 7.05 Å². The fourth-order valence-corrected chi connectivity index (χ4v) is 2.82. The number of aryl methyl sites for hydroxylation is 1. The quantitative estimate of drug-likeness (QED) is 0.282. The van der Waals surface area contributed by atoms with Crippen LogP contribution < -0.4 is 16.0 Å². The second-order valence-electron chi connectivity index (χ2n) is 6.03. The normalized spacial score (nSPS) is 11.9. The molecule has 5 nitrogen and oxygen atoms in total. The Morgan fingerprint density at radius 3 is 2.56 bits per heavy atom. The van der Waals surface area contributed by atoms with Gasteiger partial charge in [0.25, 0.3) is 0 Å². The third kappa shape index (κ3) is 7.88. The summed E-state index contributed by atoms with van der Waals surface area (Å²) in [6.45, 7) is 4.54. The van der Waals surface area contributed by atoms with Crippen molar-refractivity contribution in [1.82, 2.24) is 10.6 Å². The standard InChI is InChI=1S/C20H25BrN4O.HI/c1-14-9-10-17(21)13-18(14)25-19(26)11-12-23-20(22-3)24-15(2)16-7-5-4-6-8-16;/h4-10,13,15H,11-12H2,1-3H3,(H,25,26)(H2,22,23,24);1H. The van der Waals surface area contributed by atoms with Gasteiger partial charge in [0.15, 0.2) is 5.96 Å². The fourth-order valence-electron chi connectivity index (χ4n) is 2.46. The Hall–Kier alpha value is -1.61. The third-order valence-electron chi connectivity index (χ3n) is 3.99.